The highest BCUT2D eigenvalue weighted by atomic mass is 35.5. The number of carbonyl (C=O) groups excluding carboxylic acids is 4. The first-order valence-electron chi connectivity index (χ1n) is 13.0. The van der Waals surface area contributed by atoms with Crippen molar-refractivity contribution in [1.82, 2.24) is 0 Å². The average Bonchev–Trinajstić information content (AvgIpc) is 3.00. The average molecular weight is 609 g/mol. The third-order valence-corrected chi connectivity index (χ3v) is 5.93. The molecule has 4 aromatic rings. The first-order chi connectivity index (χ1) is 20.0. The molecule has 0 aromatic heterocycles. The van der Waals surface area contributed by atoms with E-state index < -0.39 is 10.5 Å². The molecule has 0 amide bonds. The van der Waals surface area contributed by atoms with Gasteiger partial charge in [0.05, 0.1) is 0 Å². The van der Waals surface area contributed by atoms with Crippen molar-refractivity contribution in [2.24, 2.45) is 0 Å². The first kappa shape index (κ1) is 35.6. The summed E-state index contributed by atoms with van der Waals surface area (Å²) in [4.78, 5) is 44.5. The number of benzene rings is 4. The fourth-order valence-corrected chi connectivity index (χ4v) is 3.45. The van der Waals surface area contributed by atoms with Crippen molar-refractivity contribution in [2.45, 2.75) is 27.2 Å². The largest absolute Gasteiger partial charge is 0.399 e. The van der Waals surface area contributed by atoms with Gasteiger partial charge in [-0.25, -0.2) is 0 Å². The van der Waals surface area contributed by atoms with Crippen LogP contribution in [0.1, 0.15) is 67.8 Å². The SMILES string of the molecule is CC.CNc1ccc(CC(=O)c2ccc(C(C)=O)cc2)cc1.Nc1ccc(N)cc1.O=C(Cl)c1ccc(C(=O)Cl)cc1. The van der Waals surface area contributed by atoms with Crippen molar-refractivity contribution >= 4 is 62.3 Å². The van der Waals surface area contributed by atoms with Gasteiger partial charge in [0.1, 0.15) is 0 Å². The molecule has 220 valence electrons. The third kappa shape index (κ3) is 12.8. The molecule has 0 aliphatic heterocycles. The zero-order valence-electron chi connectivity index (χ0n) is 24.0. The lowest BCUT2D eigenvalue weighted by Gasteiger charge is -2.04. The molecule has 0 saturated heterocycles. The number of anilines is 3. The monoisotopic (exact) mass is 607 g/mol. The van der Waals surface area contributed by atoms with Gasteiger partial charge in [0.25, 0.3) is 10.5 Å². The maximum Gasteiger partial charge on any atom is 0.252 e. The van der Waals surface area contributed by atoms with E-state index >= 15 is 0 Å². The minimum absolute atomic E-state index is 0.00616. The zero-order valence-corrected chi connectivity index (χ0v) is 25.5. The number of Topliss-reactive ketones (excluding diaryl/α,β-unsaturated/α-hetero) is 2. The fraction of sp³-hybridized carbons (Fsp3) is 0.152. The number of hydrogen-bond donors (Lipinski definition) is 3. The minimum Gasteiger partial charge on any atom is -0.399 e. The quantitative estimate of drug-likeness (QED) is 0.111. The second kappa shape index (κ2) is 18.8. The molecular formula is C33H35Cl2N3O4. The first-order valence-corrected chi connectivity index (χ1v) is 13.8. The van der Waals surface area contributed by atoms with Crippen LogP contribution >= 0.6 is 23.2 Å². The van der Waals surface area contributed by atoms with Gasteiger partial charge >= 0.3 is 0 Å². The Hall–Kier alpha value is -4.46. The van der Waals surface area contributed by atoms with Crippen LogP contribution in [0.15, 0.2) is 97.1 Å². The molecule has 42 heavy (non-hydrogen) atoms. The normalized spacial score (nSPS) is 9.38. The van der Waals surface area contributed by atoms with Crippen molar-refractivity contribution < 1.29 is 19.2 Å². The van der Waals surface area contributed by atoms with Crippen molar-refractivity contribution in [1.29, 1.82) is 0 Å². The summed E-state index contributed by atoms with van der Waals surface area (Å²) in [6.07, 6.45) is 0.364. The van der Waals surface area contributed by atoms with E-state index in [4.69, 9.17) is 34.7 Å². The lowest BCUT2D eigenvalue weighted by atomic mass is 10.0. The molecule has 0 aliphatic carbocycles. The second-order valence-corrected chi connectivity index (χ2v) is 9.16. The van der Waals surface area contributed by atoms with Gasteiger partial charge < -0.3 is 16.8 Å². The van der Waals surface area contributed by atoms with Crippen LogP contribution in [0, 0.1) is 0 Å². The van der Waals surface area contributed by atoms with E-state index in [1.54, 1.807) is 48.5 Å². The molecule has 9 heteroatoms. The fourth-order valence-electron chi connectivity index (χ4n) is 3.20. The Labute approximate surface area is 256 Å². The van der Waals surface area contributed by atoms with E-state index in [1.807, 2.05) is 45.2 Å². The maximum atomic E-state index is 12.1. The second-order valence-electron chi connectivity index (χ2n) is 8.47. The highest BCUT2D eigenvalue weighted by molar-refractivity contribution is 6.68. The molecule has 0 bridgehead atoms. The van der Waals surface area contributed by atoms with Crippen LogP contribution in [-0.2, 0) is 6.42 Å². The van der Waals surface area contributed by atoms with E-state index in [2.05, 4.69) is 5.32 Å². The Balaban J connectivity index is 0.000000339. The van der Waals surface area contributed by atoms with Gasteiger partial charge in [-0.05, 0) is 96.4 Å². The number of ketones is 2. The lowest BCUT2D eigenvalue weighted by Crippen LogP contribution is -2.04. The molecule has 0 saturated carbocycles. The molecule has 4 rings (SSSR count). The van der Waals surface area contributed by atoms with Gasteiger partial charge in [-0.1, -0.05) is 50.2 Å². The topological polar surface area (TPSA) is 132 Å². The van der Waals surface area contributed by atoms with Crippen molar-refractivity contribution in [2.75, 3.05) is 23.8 Å². The number of carbonyl (C=O) groups is 4. The summed E-state index contributed by atoms with van der Waals surface area (Å²) in [5.74, 6) is 0.0592. The number of nitrogen functional groups attached to an aromatic ring is 2. The van der Waals surface area contributed by atoms with Gasteiger partial charge in [0.2, 0.25) is 0 Å². The van der Waals surface area contributed by atoms with Gasteiger partial charge in [-0.15, -0.1) is 0 Å². The molecule has 0 unspecified atom stereocenters. The van der Waals surface area contributed by atoms with E-state index in [0.717, 1.165) is 22.6 Å². The molecule has 0 aliphatic rings. The highest BCUT2D eigenvalue weighted by Crippen LogP contribution is 2.13. The lowest BCUT2D eigenvalue weighted by molar-refractivity contribution is 0.0987. The van der Waals surface area contributed by atoms with E-state index in [-0.39, 0.29) is 11.6 Å². The van der Waals surface area contributed by atoms with Crippen LogP contribution in [-0.4, -0.2) is 29.1 Å². The van der Waals surface area contributed by atoms with Crippen molar-refractivity contribution in [3.63, 3.8) is 0 Å². The highest BCUT2D eigenvalue weighted by Gasteiger charge is 2.08. The predicted octanol–water partition coefficient (Wildman–Crippen LogP) is 7.68. The van der Waals surface area contributed by atoms with E-state index in [9.17, 15) is 19.2 Å². The number of halogens is 2. The molecular weight excluding hydrogens is 573 g/mol. The van der Waals surface area contributed by atoms with Gasteiger partial charge in [0, 0.05) is 52.8 Å². The van der Waals surface area contributed by atoms with Crippen LogP contribution in [0.2, 0.25) is 0 Å². The summed E-state index contributed by atoms with van der Waals surface area (Å²) in [5, 5.41) is 1.93. The van der Waals surface area contributed by atoms with Crippen molar-refractivity contribution in [3.05, 3.63) is 125 Å². The van der Waals surface area contributed by atoms with Gasteiger partial charge in [0.15, 0.2) is 11.6 Å². The molecule has 5 N–H and O–H groups in total. The standard InChI is InChI=1S/C17H17NO2.C8H4Cl2O2.C6H8N2.C2H6/c1-12(19)14-5-7-15(8-6-14)17(20)11-13-3-9-16(18-2)10-4-13;9-7(11)5-1-2-6(4-3-5)8(10)12;7-5-1-2-6(8)4-3-5;1-2/h3-10,18H,11H2,1-2H3;1-4H;1-4H,7-8H2;1-2H3. The number of nitrogens with two attached hydrogens (primary N) is 2. The van der Waals surface area contributed by atoms with Crippen molar-refractivity contribution in [3.8, 4) is 0 Å². The van der Waals surface area contributed by atoms with Gasteiger partial charge in [-0.2, -0.15) is 0 Å². The van der Waals surface area contributed by atoms with Crippen LogP contribution < -0.4 is 16.8 Å². The molecule has 0 radical (unpaired) electrons. The Morgan fingerprint density at radius 2 is 0.952 bits per heavy atom. The maximum absolute atomic E-state index is 12.1. The van der Waals surface area contributed by atoms with Gasteiger partial charge in [-0.3, -0.25) is 19.2 Å². The smallest absolute Gasteiger partial charge is 0.252 e. The summed E-state index contributed by atoms with van der Waals surface area (Å²) in [7, 11) is 1.86. The predicted molar refractivity (Wildman–Crippen MR) is 174 cm³/mol. The number of rotatable bonds is 7. The summed E-state index contributed by atoms with van der Waals surface area (Å²) in [6, 6.07) is 27.5. The Bertz CT molecular complexity index is 1380. The van der Waals surface area contributed by atoms with E-state index in [1.165, 1.54) is 31.2 Å². The minimum atomic E-state index is -0.552. The third-order valence-electron chi connectivity index (χ3n) is 5.50. The molecule has 4 aromatic carbocycles. The molecule has 0 spiro atoms. The Morgan fingerprint density at radius 1 is 0.595 bits per heavy atom. The summed E-state index contributed by atoms with van der Waals surface area (Å²) in [5.41, 5.74) is 16.2. The summed E-state index contributed by atoms with van der Waals surface area (Å²) >= 11 is 10.4. The number of hydrogen-bond acceptors (Lipinski definition) is 7. The Morgan fingerprint density at radius 3 is 1.29 bits per heavy atom. The zero-order chi connectivity index (χ0) is 31.7. The molecule has 0 fully saturated rings. The van der Waals surface area contributed by atoms with Crippen LogP contribution in [0.25, 0.3) is 0 Å². The van der Waals surface area contributed by atoms with Crippen LogP contribution in [0.3, 0.4) is 0 Å². The molecule has 0 atom stereocenters. The van der Waals surface area contributed by atoms with E-state index in [0.29, 0.717) is 28.7 Å². The summed E-state index contributed by atoms with van der Waals surface area (Å²) in [6.45, 7) is 5.51. The van der Waals surface area contributed by atoms with Crippen LogP contribution in [0.5, 0.6) is 0 Å². The number of nitrogens with one attached hydrogen (secondary N) is 1. The molecule has 0 heterocycles. The summed E-state index contributed by atoms with van der Waals surface area (Å²) < 4.78 is 0. The molecule has 7 nitrogen and oxygen atoms in total. The Kier molecular flexibility index (Phi) is 15.9. The van der Waals surface area contributed by atoms with Crippen LogP contribution in [0.4, 0.5) is 17.1 Å².